The van der Waals surface area contributed by atoms with Gasteiger partial charge in [0, 0.05) is 12.3 Å². The van der Waals surface area contributed by atoms with Crippen LogP contribution in [0.2, 0.25) is 5.02 Å². The Kier molecular flexibility index (Phi) is 5.09. The van der Waals surface area contributed by atoms with Crippen molar-refractivity contribution in [3.05, 3.63) is 29.3 Å². The first-order chi connectivity index (χ1) is 7.55. The van der Waals surface area contributed by atoms with Crippen LogP contribution in [0.25, 0.3) is 0 Å². The number of nitrogens with one attached hydrogen (secondary N) is 1. The standard InChI is InChI=1S/C11H16ClNO2S/c1-2-16(14,15)9-5-8-13-11-7-4-3-6-10(11)12/h3-4,6-7,13H,2,5,8-9H2,1H3. The Morgan fingerprint density at radius 3 is 2.62 bits per heavy atom. The lowest BCUT2D eigenvalue weighted by Crippen LogP contribution is -2.13. The topological polar surface area (TPSA) is 46.2 Å². The van der Waals surface area contributed by atoms with E-state index in [0.29, 0.717) is 18.0 Å². The molecule has 5 heteroatoms. The highest BCUT2D eigenvalue weighted by Gasteiger charge is 2.06. The third kappa shape index (κ3) is 4.41. The molecule has 0 saturated carbocycles. The number of hydrogen-bond acceptors (Lipinski definition) is 3. The predicted molar refractivity (Wildman–Crippen MR) is 68.9 cm³/mol. The van der Waals surface area contributed by atoms with Crippen molar-refractivity contribution in [1.82, 2.24) is 0 Å². The van der Waals surface area contributed by atoms with Crippen LogP contribution in [-0.4, -0.2) is 26.5 Å². The summed E-state index contributed by atoms with van der Waals surface area (Å²) in [7, 11) is -2.86. The summed E-state index contributed by atoms with van der Waals surface area (Å²) in [5.41, 5.74) is 0.845. The maximum atomic E-state index is 11.2. The van der Waals surface area contributed by atoms with Gasteiger partial charge in [-0.2, -0.15) is 0 Å². The minimum atomic E-state index is -2.86. The van der Waals surface area contributed by atoms with E-state index in [-0.39, 0.29) is 11.5 Å². The molecular formula is C11H16ClNO2S. The van der Waals surface area contributed by atoms with Gasteiger partial charge in [-0.25, -0.2) is 8.42 Å². The van der Waals surface area contributed by atoms with E-state index in [9.17, 15) is 8.42 Å². The van der Waals surface area contributed by atoms with Crippen LogP contribution >= 0.6 is 11.6 Å². The quantitative estimate of drug-likeness (QED) is 0.801. The van der Waals surface area contributed by atoms with Crippen molar-refractivity contribution in [3.63, 3.8) is 0 Å². The van der Waals surface area contributed by atoms with E-state index in [2.05, 4.69) is 5.32 Å². The van der Waals surface area contributed by atoms with E-state index in [0.717, 1.165) is 5.69 Å². The molecule has 0 radical (unpaired) electrons. The molecule has 1 aromatic rings. The fraction of sp³-hybridized carbons (Fsp3) is 0.455. The second kappa shape index (κ2) is 6.11. The summed E-state index contributed by atoms with van der Waals surface area (Å²) < 4.78 is 22.4. The lowest BCUT2D eigenvalue weighted by molar-refractivity contribution is 0.595. The highest BCUT2D eigenvalue weighted by molar-refractivity contribution is 7.91. The van der Waals surface area contributed by atoms with Crippen LogP contribution in [0.3, 0.4) is 0 Å². The third-order valence-corrected chi connectivity index (χ3v) is 4.38. The fourth-order valence-electron chi connectivity index (χ4n) is 1.26. The largest absolute Gasteiger partial charge is 0.384 e. The molecule has 0 bridgehead atoms. The zero-order chi connectivity index (χ0) is 12.0. The summed E-state index contributed by atoms with van der Waals surface area (Å²) in [5.74, 6) is 0.431. The smallest absolute Gasteiger partial charge is 0.150 e. The Morgan fingerprint density at radius 2 is 2.00 bits per heavy atom. The van der Waals surface area contributed by atoms with E-state index < -0.39 is 9.84 Å². The molecule has 0 aliphatic carbocycles. The summed E-state index contributed by atoms with van der Waals surface area (Å²) in [6.45, 7) is 2.28. The molecule has 90 valence electrons. The van der Waals surface area contributed by atoms with Crippen molar-refractivity contribution in [2.45, 2.75) is 13.3 Å². The average Bonchev–Trinajstić information content (AvgIpc) is 2.27. The monoisotopic (exact) mass is 261 g/mol. The first-order valence-electron chi connectivity index (χ1n) is 5.24. The molecule has 0 spiro atoms. The minimum absolute atomic E-state index is 0.207. The van der Waals surface area contributed by atoms with Crippen LogP contribution in [0.4, 0.5) is 5.69 Å². The van der Waals surface area contributed by atoms with Crippen molar-refractivity contribution >= 4 is 27.1 Å². The molecule has 1 rings (SSSR count). The van der Waals surface area contributed by atoms with Gasteiger partial charge in [0.25, 0.3) is 0 Å². The second-order valence-corrected chi connectivity index (χ2v) is 6.38. The number of sulfone groups is 1. The lowest BCUT2D eigenvalue weighted by Gasteiger charge is -2.07. The van der Waals surface area contributed by atoms with Gasteiger partial charge in [0.05, 0.1) is 16.5 Å². The fourth-order valence-corrected chi connectivity index (χ4v) is 2.34. The highest BCUT2D eigenvalue weighted by atomic mass is 35.5. The number of rotatable bonds is 6. The van der Waals surface area contributed by atoms with E-state index in [1.54, 1.807) is 13.0 Å². The summed E-state index contributed by atoms with van der Waals surface area (Å²) in [5, 5.41) is 3.77. The van der Waals surface area contributed by atoms with Gasteiger partial charge in [-0.3, -0.25) is 0 Å². The third-order valence-electron chi connectivity index (χ3n) is 2.26. The van der Waals surface area contributed by atoms with Gasteiger partial charge in [-0.1, -0.05) is 30.7 Å². The Hall–Kier alpha value is -0.740. The van der Waals surface area contributed by atoms with Gasteiger partial charge in [0.2, 0.25) is 0 Å². The van der Waals surface area contributed by atoms with Gasteiger partial charge >= 0.3 is 0 Å². The molecule has 0 fully saturated rings. The Morgan fingerprint density at radius 1 is 1.31 bits per heavy atom. The maximum Gasteiger partial charge on any atom is 0.150 e. The molecule has 16 heavy (non-hydrogen) atoms. The lowest BCUT2D eigenvalue weighted by atomic mass is 10.3. The SMILES string of the molecule is CCS(=O)(=O)CCCNc1ccccc1Cl. The molecule has 0 amide bonds. The van der Waals surface area contributed by atoms with Gasteiger partial charge in [-0.05, 0) is 18.6 Å². The van der Waals surface area contributed by atoms with Crippen molar-refractivity contribution in [2.75, 3.05) is 23.4 Å². The molecular weight excluding hydrogens is 246 g/mol. The number of hydrogen-bond donors (Lipinski definition) is 1. The molecule has 0 saturated heterocycles. The number of para-hydroxylation sites is 1. The zero-order valence-corrected chi connectivity index (χ0v) is 10.8. The summed E-state index contributed by atoms with van der Waals surface area (Å²) in [4.78, 5) is 0. The van der Waals surface area contributed by atoms with Crippen LogP contribution in [0.15, 0.2) is 24.3 Å². The first-order valence-corrected chi connectivity index (χ1v) is 7.44. The Labute approximate surface area is 102 Å². The maximum absolute atomic E-state index is 11.2. The minimum Gasteiger partial charge on any atom is -0.384 e. The molecule has 3 nitrogen and oxygen atoms in total. The van der Waals surface area contributed by atoms with Gasteiger partial charge < -0.3 is 5.32 Å². The molecule has 1 aromatic carbocycles. The molecule has 0 unspecified atom stereocenters. The van der Waals surface area contributed by atoms with Crippen molar-refractivity contribution in [3.8, 4) is 0 Å². The van der Waals surface area contributed by atoms with E-state index in [1.165, 1.54) is 0 Å². The van der Waals surface area contributed by atoms with Crippen molar-refractivity contribution < 1.29 is 8.42 Å². The number of benzene rings is 1. The number of anilines is 1. The van der Waals surface area contributed by atoms with Crippen LogP contribution in [0, 0.1) is 0 Å². The van der Waals surface area contributed by atoms with Crippen molar-refractivity contribution in [1.29, 1.82) is 0 Å². The first kappa shape index (κ1) is 13.3. The number of halogens is 1. The average molecular weight is 262 g/mol. The normalized spacial score (nSPS) is 11.4. The molecule has 0 aliphatic heterocycles. The Bertz CT molecular complexity index is 431. The van der Waals surface area contributed by atoms with Gasteiger partial charge in [-0.15, -0.1) is 0 Å². The van der Waals surface area contributed by atoms with E-state index in [1.807, 2.05) is 18.2 Å². The van der Waals surface area contributed by atoms with Crippen LogP contribution in [0.1, 0.15) is 13.3 Å². The molecule has 1 N–H and O–H groups in total. The summed E-state index contributed by atoms with van der Waals surface area (Å²) >= 11 is 5.94. The predicted octanol–water partition coefficient (Wildman–Crippen LogP) is 2.58. The Balaban J connectivity index is 2.35. The summed E-state index contributed by atoms with van der Waals surface area (Å²) in [6.07, 6.45) is 0.599. The van der Waals surface area contributed by atoms with E-state index >= 15 is 0 Å². The molecule has 0 aromatic heterocycles. The highest BCUT2D eigenvalue weighted by Crippen LogP contribution is 2.20. The zero-order valence-electron chi connectivity index (χ0n) is 9.24. The van der Waals surface area contributed by atoms with Crippen LogP contribution < -0.4 is 5.32 Å². The summed E-state index contributed by atoms with van der Waals surface area (Å²) in [6, 6.07) is 7.41. The molecule has 0 aliphatic rings. The van der Waals surface area contributed by atoms with Crippen LogP contribution in [-0.2, 0) is 9.84 Å². The molecule has 0 heterocycles. The molecule has 0 atom stereocenters. The second-order valence-electron chi connectivity index (χ2n) is 3.50. The van der Waals surface area contributed by atoms with E-state index in [4.69, 9.17) is 11.6 Å². The van der Waals surface area contributed by atoms with Crippen LogP contribution in [0.5, 0.6) is 0 Å². The van der Waals surface area contributed by atoms with Gasteiger partial charge in [0.1, 0.15) is 9.84 Å². The van der Waals surface area contributed by atoms with Gasteiger partial charge in [0.15, 0.2) is 0 Å². The van der Waals surface area contributed by atoms with Crippen molar-refractivity contribution in [2.24, 2.45) is 0 Å².